The standard InChI is InChI=1S/C17H21N8/c1-23-7-4-15(5-8-23)25-11-13(9-20-25)16-3-6-18-17(22-16)21-14-10-19-24(2)12-14/h3,6,9-12,15H,1,4-5,7-8H2,2H3,(H,18,21,22). The molecular formula is C17H21N8. The molecule has 0 saturated carbocycles. The van der Waals surface area contributed by atoms with Crippen molar-refractivity contribution in [1.29, 1.82) is 0 Å². The number of anilines is 2. The Kier molecular flexibility index (Phi) is 4.19. The van der Waals surface area contributed by atoms with Crippen LogP contribution in [0.1, 0.15) is 18.9 Å². The van der Waals surface area contributed by atoms with Gasteiger partial charge in [-0.15, -0.1) is 0 Å². The Morgan fingerprint density at radius 3 is 2.76 bits per heavy atom. The van der Waals surface area contributed by atoms with Crippen molar-refractivity contribution >= 4 is 11.6 Å². The molecule has 129 valence electrons. The van der Waals surface area contributed by atoms with Crippen LogP contribution in [0.3, 0.4) is 0 Å². The highest BCUT2D eigenvalue weighted by Gasteiger charge is 2.19. The zero-order valence-electron chi connectivity index (χ0n) is 14.2. The lowest BCUT2D eigenvalue weighted by molar-refractivity contribution is 0.231. The van der Waals surface area contributed by atoms with Gasteiger partial charge in [0.1, 0.15) is 0 Å². The number of likely N-dealkylation sites (tertiary alicyclic amines) is 1. The number of piperidine rings is 1. The van der Waals surface area contributed by atoms with E-state index < -0.39 is 0 Å². The largest absolute Gasteiger partial charge is 0.321 e. The molecule has 3 aromatic rings. The van der Waals surface area contributed by atoms with Gasteiger partial charge in [-0.3, -0.25) is 9.36 Å². The highest BCUT2D eigenvalue weighted by molar-refractivity contribution is 5.60. The van der Waals surface area contributed by atoms with Crippen molar-refractivity contribution < 1.29 is 0 Å². The SMILES string of the molecule is [CH2]N1CCC(n2cc(-c3ccnc(Nc4cnn(C)c4)n3)cn2)CC1. The monoisotopic (exact) mass is 337 g/mol. The van der Waals surface area contributed by atoms with Gasteiger partial charge in [0, 0.05) is 51.3 Å². The van der Waals surface area contributed by atoms with Gasteiger partial charge in [-0.05, 0) is 18.9 Å². The van der Waals surface area contributed by atoms with Crippen LogP contribution in [0.5, 0.6) is 0 Å². The van der Waals surface area contributed by atoms with Crippen LogP contribution in [0.15, 0.2) is 37.1 Å². The lowest BCUT2D eigenvalue weighted by atomic mass is 10.1. The number of aryl methyl sites for hydroxylation is 1. The Labute approximate surface area is 146 Å². The number of hydrogen-bond donors (Lipinski definition) is 1. The molecule has 1 fully saturated rings. The predicted molar refractivity (Wildman–Crippen MR) is 94.9 cm³/mol. The van der Waals surface area contributed by atoms with Crippen LogP contribution >= 0.6 is 0 Å². The van der Waals surface area contributed by atoms with Gasteiger partial charge in [0.25, 0.3) is 0 Å². The minimum absolute atomic E-state index is 0.432. The summed E-state index contributed by atoms with van der Waals surface area (Å²) in [4.78, 5) is 11.0. The zero-order chi connectivity index (χ0) is 17.2. The third-order valence-electron chi connectivity index (χ3n) is 4.45. The van der Waals surface area contributed by atoms with Gasteiger partial charge >= 0.3 is 0 Å². The molecule has 1 aliphatic rings. The van der Waals surface area contributed by atoms with Crippen LogP contribution in [0.25, 0.3) is 11.3 Å². The molecule has 0 amide bonds. The summed E-state index contributed by atoms with van der Waals surface area (Å²) in [5.41, 5.74) is 2.70. The van der Waals surface area contributed by atoms with Crippen LogP contribution in [0.4, 0.5) is 11.6 Å². The van der Waals surface area contributed by atoms with E-state index in [1.54, 1.807) is 17.1 Å². The van der Waals surface area contributed by atoms with E-state index in [1.807, 2.05) is 25.5 Å². The molecule has 8 nitrogen and oxygen atoms in total. The normalized spacial score (nSPS) is 16.2. The molecule has 0 unspecified atom stereocenters. The maximum absolute atomic E-state index is 4.59. The maximum atomic E-state index is 4.59. The third kappa shape index (κ3) is 3.53. The summed E-state index contributed by atoms with van der Waals surface area (Å²) in [6.45, 7) is 2.01. The Balaban J connectivity index is 1.51. The lowest BCUT2D eigenvalue weighted by Gasteiger charge is -2.28. The molecule has 1 aliphatic heterocycles. The van der Waals surface area contributed by atoms with Gasteiger partial charge in [-0.25, -0.2) is 9.97 Å². The highest BCUT2D eigenvalue weighted by atomic mass is 15.3. The fraction of sp³-hybridized carbons (Fsp3) is 0.353. The van der Waals surface area contributed by atoms with Crippen LogP contribution in [0, 0.1) is 7.05 Å². The summed E-state index contributed by atoms with van der Waals surface area (Å²) in [5.74, 6) is 0.545. The first-order chi connectivity index (χ1) is 12.2. The second-order valence-electron chi connectivity index (χ2n) is 6.35. The van der Waals surface area contributed by atoms with Crippen LogP contribution in [-0.2, 0) is 7.05 Å². The van der Waals surface area contributed by atoms with Crippen molar-refractivity contribution in [3.8, 4) is 11.3 Å². The van der Waals surface area contributed by atoms with Crippen molar-refractivity contribution in [1.82, 2.24) is 34.4 Å². The molecule has 1 saturated heterocycles. The summed E-state index contributed by atoms with van der Waals surface area (Å²) in [5, 5.41) is 11.8. The zero-order valence-corrected chi connectivity index (χ0v) is 14.2. The fourth-order valence-corrected chi connectivity index (χ4v) is 3.05. The van der Waals surface area contributed by atoms with Gasteiger partial charge in [0.2, 0.25) is 5.95 Å². The summed E-state index contributed by atoms with van der Waals surface area (Å²) in [6, 6.07) is 2.33. The molecule has 1 radical (unpaired) electrons. The summed E-state index contributed by atoms with van der Waals surface area (Å²) in [7, 11) is 5.87. The molecule has 0 aromatic carbocycles. The molecule has 0 atom stereocenters. The van der Waals surface area contributed by atoms with E-state index in [0.29, 0.717) is 12.0 Å². The molecule has 4 heterocycles. The van der Waals surface area contributed by atoms with E-state index in [-0.39, 0.29) is 0 Å². The molecule has 3 aromatic heterocycles. The average molecular weight is 337 g/mol. The van der Waals surface area contributed by atoms with E-state index in [9.17, 15) is 0 Å². The van der Waals surface area contributed by atoms with E-state index >= 15 is 0 Å². The van der Waals surface area contributed by atoms with Crippen molar-refractivity contribution in [2.75, 3.05) is 18.4 Å². The van der Waals surface area contributed by atoms with Gasteiger partial charge in [-0.2, -0.15) is 10.2 Å². The first kappa shape index (κ1) is 15.8. The lowest BCUT2D eigenvalue weighted by Crippen LogP contribution is -2.30. The second kappa shape index (κ2) is 6.64. The van der Waals surface area contributed by atoms with Gasteiger partial charge in [0.15, 0.2) is 0 Å². The van der Waals surface area contributed by atoms with Gasteiger partial charge in [-0.1, -0.05) is 0 Å². The van der Waals surface area contributed by atoms with Gasteiger partial charge < -0.3 is 10.2 Å². The van der Waals surface area contributed by atoms with Crippen molar-refractivity contribution in [3.63, 3.8) is 0 Å². The summed E-state index contributed by atoms with van der Waals surface area (Å²) < 4.78 is 3.78. The first-order valence-electron chi connectivity index (χ1n) is 8.36. The Hall–Kier alpha value is -2.74. The van der Waals surface area contributed by atoms with Crippen LogP contribution < -0.4 is 5.32 Å². The Bertz CT molecular complexity index is 844. The quantitative estimate of drug-likeness (QED) is 0.787. The Morgan fingerprint density at radius 2 is 2.00 bits per heavy atom. The number of aromatic nitrogens is 6. The smallest absolute Gasteiger partial charge is 0.227 e. The van der Waals surface area contributed by atoms with Crippen LogP contribution in [-0.4, -0.2) is 47.5 Å². The topological polar surface area (TPSA) is 76.7 Å². The molecule has 0 aliphatic carbocycles. The van der Waals surface area contributed by atoms with Crippen LogP contribution in [0.2, 0.25) is 0 Å². The average Bonchev–Trinajstić information content (AvgIpc) is 3.25. The molecule has 8 heteroatoms. The maximum Gasteiger partial charge on any atom is 0.227 e. The molecule has 0 bridgehead atoms. The molecular weight excluding hydrogens is 316 g/mol. The minimum atomic E-state index is 0.432. The van der Waals surface area contributed by atoms with Crippen molar-refractivity contribution in [3.05, 3.63) is 44.1 Å². The van der Waals surface area contributed by atoms with Crippen molar-refractivity contribution in [2.24, 2.45) is 7.05 Å². The van der Waals surface area contributed by atoms with E-state index in [0.717, 1.165) is 42.9 Å². The number of nitrogens with one attached hydrogen (secondary N) is 1. The molecule has 1 N–H and O–H groups in total. The number of hydrogen-bond acceptors (Lipinski definition) is 6. The predicted octanol–water partition coefficient (Wildman–Crippen LogP) is 2.25. The van der Waals surface area contributed by atoms with E-state index in [1.165, 1.54) is 0 Å². The van der Waals surface area contributed by atoms with Crippen molar-refractivity contribution in [2.45, 2.75) is 18.9 Å². The fourth-order valence-electron chi connectivity index (χ4n) is 3.05. The summed E-state index contributed by atoms with van der Waals surface area (Å²) in [6.07, 6.45) is 11.4. The van der Waals surface area contributed by atoms with E-state index in [2.05, 4.69) is 48.3 Å². The highest BCUT2D eigenvalue weighted by Crippen LogP contribution is 2.25. The molecule has 0 spiro atoms. The molecule has 25 heavy (non-hydrogen) atoms. The summed E-state index contributed by atoms with van der Waals surface area (Å²) >= 11 is 0. The third-order valence-corrected chi connectivity index (χ3v) is 4.45. The second-order valence-corrected chi connectivity index (χ2v) is 6.35. The minimum Gasteiger partial charge on any atom is -0.321 e. The van der Waals surface area contributed by atoms with Gasteiger partial charge in [0.05, 0.1) is 29.8 Å². The van der Waals surface area contributed by atoms with E-state index in [4.69, 9.17) is 0 Å². The Morgan fingerprint density at radius 1 is 1.16 bits per heavy atom. The molecule has 4 rings (SSSR count). The first-order valence-corrected chi connectivity index (χ1v) is 8.36. The number of nitrogens with zero attached hydrogens (tertiary/aromatic N) is 7. The number of rotatable bonds is 4.